The zero-order chi connectivity index (χ0) is 19.7. The molecule has 0 saturated heterocycles. The van der Waals surface area contributed by atoms with Gasteiger partial charge in [0.1, 0.15) is 5.82 Å². The molecule has 1 amide bonds. The number of benzene rings is 2. The standard InChI is InChI=1S/C21H19N5O2/c1-14-8-6-7-11-17(14)20(28)25(16-9-4-3-5-10-16)13-18-23-21-22-15(2)12-19(27)26(21)24-18/h3-12H,13H2,1-2H3,(H,22,23,24). The number of fused-ring (bicyclic) bond motifs is 1. The SMILES string of the molecule is Cc1cc(=O)n2[nH]c(CN(C(=O)c3ccccc3C)c3ccccc3)nc2n1. The second kappa shape index (κ2) is 7.11. The van der Waals surface area contributed by atoms with Crippen molar-refractivity contribution in [3.8, 4) is 0 Å². The normalized spacial score (nSPS) is 10.9. The molecule has 2 aromatic carbocycles. The number of para-hydroxylation sites is 1. The van der Waals surface area contributed by atoms with Gasteiger partial charge in [-0.2, -0.15) is 9.50 Å². The highest BCUT2D eigenvalue weighted by Gasteiger charge is 2.21. The second-order valence-electron chi connectivity index (χ2n) is 6.58. The van der Waals surface area contributed by atoms with Crippen molar-refractivity contribution in [2.45, 2.75) is 20.4 Å². The minimum absolute atomic E-state index is 0.138. The van der Waals surface area contributed by atoms with Crippen LogP contribution in [0.2, 0.25) is 0 Å². The van der Waals surface area contributed by atoms with Gasteiger partial charge in [-0.1, -0.05) is 36.4 Å². The van der Waals surface area contributed by atoms with Gasteiger partial charge in [0.25, 0.3) is 17.2 Å². The minimum Gasteiger partial charge on any atom is -0.301 e. The molecule has 0 aliphatic carbocycles. The van der Waals surface area contributed by atoms with Crippen LogP contribution in [0.3, 0.4) is 0 Å². The molecule has 0 spiro atoms. The van der Waals surface area contributed by atoms with Gasteiger partial charge in [-0.25, -0.2) is 4.98 Å². The molecular formula is C21H19N5O2. The van der Waals surface area contributed by atoms with Gasteiger partial charge < -0.3 is 4.90 Å². The Hall–Kier alpha value is -3.74. The van der Waals surface area contributed by atoms with Gasteiger partial charge in [0, 0.05) is 23.0 Å². The fraction of sp³-hybridized carbons (Fsp3) is 0.143. The summed E-state index contributed by atoms with van der Waals surface area (Å²) in [7, 11) is 0. The van der Waals surface area contributed by atoms with Crippen LogP contribution in [-0.2, 0) is 6.54 Å². The van der Waals surface area contributed by atoms with Gasteiger partial charge in [-0.3, -0.25) is 14.7 Å². The monoisotopic (exact) mass is 373 g/mol. The lowest BCUT2D eigenvalue weighted by Gasteiger charge is -2.22. The molecule has 0 saturated carbocycles. The van der Waals surface area contributed by atoms with Gasteiger partial charge in [0.2, 0.25) is 0 Å². The van der Waals surface area contributed by atoms with Crippen LogP contribution >= 0.6 is 0 Å². The average Bonchev–Trinajstić information content (AvgIpc) is 3.09. The van der Waals surface area contributed by atoms with Crippen LogP contribution in [0.4, 0.5) is 5.69 Å². The van der Waals surface area contributed by atoms with E-state index in [1.165, 1.54) is 10.6 Å². The van der Waals surface area contributed by atoms with Crippen LogP contribution < -0.4 is 10.5 Å². The number of hydrogen-bond acceptors (Lipinski definition) is 4. The Morgan fingerprint density at radius 3 is 2.50 bits per heavy atom. The molecular weight excluding hydrogens is 354 g/mol. The molecule has 7 nitrogen and oxygen atoms in total. The first-order chi connectivity index (χ1) is 13.5. The number of carbonyl (C=O) groups excluding carboxylic acids is 1. The summed E-state index contributed by atoms with van der Waals surface area (Å²) < 4.78 is 1.28. The number of carbonyl (C=O) groups is 1. The number of aromatic nitrogens is 4. The van der Waals surface area contributed by atoms with Crippen LogP contribution in [0.1, 0.15) is 27.4 Å². The Balaban J connectivity index is 1.77. The highest BCUT2D eigenvalue weighted by molar-refractivity contribution is 6.06. The minimum atomic E-state index is -0.238. The molecule has 0 aliphatic rings. The summed E-state index contributed by atoms with van der Waals surface area (Å²) in [4.78, 5) is 35.8. The van der Waals surface area contributed by atoms with Crippen LogP contribution in [0.25, 0.3) is 5.78 Å². The average molecular weight is 373 g/mol. The molecule has 2 heterocycles. The summed E-state index contributed by atoms with van der Waals surface area (Å²) >= 11 is 0. The molecule has 2 aromatic heterocycles. The van der Waals surface area contributed by atoms with E-state index in [-0.39, 0.29) is 23.8 Å². The van der Waals surface area contributed by atoms with E-state index in [2.05, 4.69) is 15.1 Å². The van der Waals surface area contributed by atoms with E-state index >= 15 is 0 Å². The van der Waals surface area contributed by atoms with E-state index in [9.17, 15) is 9.59 Å². The summed E-state index contributed by atoms with van der Waals surface area (Å²) in [5.41, 5.74) is 2.62. The number of H-pyrrole nitrogens is 1. The Morgan fingerprint density at radius 1 is 1.04 bits per heavy atom. The van der Waals surface area contributed by atoms with Crippen LogP contribution in [-0.4, -0.2) is 25.5 Å². The number of anilines is 1. The number of amides is 1. The molecule has 0 radical (unpaired) electrons. The van der Waals surface area contributed by atoms with Crippen molar-refractivity contribution in [2.24, 2.45) is 0 Å². The number of nitrogens with one attached hydrogen (secondary N) is 1. The number of aromatic amines is 1. The van der Waals surface area contributed by atoms with Crippen molar-refractivity contribution in [1.29, 1.82) is 0 Å². The van der Waals surface area contributed by atoms with E-state index in [0.29, 0.717) is 17.1 Å². The predicted molar refractivity (Wildman–Crippen MR) is 106 cm³/mol. The second-order valence-corrected chi connectivity index (χ2v) is 6.58. The van der Waals surface area contributed by atoms with Crippen molar-refractivity contribution >= 4 is 17.4 Å². The topological polar surface area (TPSA) is 83.4 Å². The van der Waals surface area contributed by atoms with Gasteiger partial charge in [-0.15, -0.1) is 0 Å². The maximum Gasteiger partial charge on any atom is 0.274 e. The summed E-state index contributed by atoms with van der Waals surface area (Å²) in [5.74, 6) is 0.624. The van der Waals surface area contributed by atoms with Crippen LogP contribution in [0, 0.1) is 13.8 Å². The summed E-state index contributed by atoms with van der Waals surface area (Å²) in [6, 6.07) is 18.3. The molecule has 0 unspecified atom stereocenters. The molecule has 0 atom stereocenters. The van der Waals surface area contributed by atoms with Crippen molar-refractivity contribution in [1.82, 2.24) is 19.6 Å². The van der Waals surface area contributed by atoms with Crippen LogP contribution in [0.5, 0.6) is 0 Å². The molecule has 4 rings (SSSR count). The van der Waals surface area contributed by atoms with E-state index in [4.69, 9.17) is 0 Å². The van der Waals surface area contributed by atoms with E-state index in [1.54, 1.807) is 11.8 Å². The van der Waals surface area contributed by atoms with Gasteiger partial charge >= 0.3 is 0 Å². The third-order valence-corrected chi connectivity index (χ3v) is 4.50. The number of rotatable bonds is 4. The largest absolute Gasteiger partial charge is 0.301 e. The molecule has 28 heavy (non-hydrogen) atoms. The summed E-state index contributed by atoms with van der Waals surface area (Å²) in [5, 5.41) is 2.95. The zero-order valence-electron chi connectivity index (χ0n) is 15.6. The molecule has 140 valence electrons. The maximum absolute atomic E-state index is 13.3. The highest BCUT2D eigenvalue weighted by atomic mass is 16.2. The molecule has 7 heteroatoms. The van der Waals surface area contributed by atoms with Crippen molar-refractivity contribution < 1.29 is 4.79 Å². The fourth-order valence-corrected chi connectivity index (χ4v) is 3.10. The number of nitrogens with zero attached hydrogens (tertiary/aromatic N) is 4. The molecule has 1 N–H and O–H groups in total. The lowest BCUT2D eigenvalue weighted by Crippen LogP contribution is -2.31. The van der Waals surface area contributed by atoms with Crippen molar-refractivity contribution in [3.63, 3.8) is 0 Å². The lowest BCUT2D eigenvalue weighted by molar-refractivity contribution is 0.0984. The first-order valence-electron chi connectivity index (χ1n) is 8.91. The Morgan fingerprint density at radius 2 is 1.75 bits per heavy atom. The first-order valence-corrected chi connectivity index (χ1v) is 8.91. The molecule has 0 aliphatic heterocycles. The third-order valence-electron chi connectivity index (χ3n) is 4.50. The highest BCUT2D eigenvalue weighted by Crippen LogP contribution is 2.20. The Bertz CT molecular complexity index is 1210. The summed E-state index contributed by atoms with van der Waals surface area (Å²) in [6.07, 6.45) is 0. The summed E-state index contributed by atoms with van der Waals surface area (Å²) in [6.45, 7) is 3.83. The lowest BCUT2D eigenvalue weighted by atomic mass is 10.1. The predicted octanol–water partition coefficient (Wildman–Crippen LogP) is 2.88. The van der Waals surface area contributed by atoms with Gasteiger partial charge in [0.05, 0.1) is 6.54 Å². The van der Waals surface area contributed by atoms with E-state index < -0.39 is 0 Å². The quantitative estimate of drug-likeness (QED) is 0.596. The fourth-order valence-electron chi connectivity index (χ4n) is 3.10. The zero-order valence-corrected chi connectivity index (χ0v) is 15.6. The maximum atomic E-state index is 13.3. The van der Waals surface area contributed by atoms with Gasteiger partial charge in [0.15, 0.2) is 0 Å². The van der Waals surface area contributed by atoms with Gasteiger partial charge in [-0.05, 0) is 37.6 Å². The van der Waals surface area contributed by atoms with E-state index in [1.807, 2.05) is 61.5 Å². The first kappa shape index (κ1) is 17.7. The van der Waals surface area contributed by atoms with E-state index in [0.717, 1.165) is 11.3 Å². The van der Waals surface area contributed by atoms with Crippen LogP contribution in [0.15, 0.2) is 65.5 Å². The van der Waals surface area contributed by atoms with Crippen molar-refractivity contribution in [2.75, 3.05) is 4.90 Å². The van der Waals surface area contributed by atoms with Crippen molar-refractivity contribution in [3.05, 3.63) is 93.7 Å². The number of hydrogen-bond donors (Lipinski definition) is 1. The Labute approximate surface area is 161 Å². The Kier molecular flexibility index (Phi) is 4.49. The smallest absolute Gasteiger partial charge is 0.274 e. The number of aryl methyl sites for hydroxylation is 2. The molecule has 0 fully saturated rings. The molecule has 0 bridgehead atoms. The molecule has 4 aromatic rings. The third kappa shape index (κ3) is 3.29.